The summed E-state index contributed by atoms with van der Waals surface area (Å²) in [5.41, 5.74) is 9.67. The predicted octanol–water partition coefficient (Wildman–Crippen LogP) is 3.52. The molecule has 3 rings (SSSR count). The van der Waals surface area contributed by atoms with Gasteiger partial charge in [0.15, 0.2) is 0 Å². The van der Waals surface area contributed by atoms with Crippen LogP contribution in [0.15, 0.2) is 48.8 Å². The van der Waals surface area contributed by atoms with Gasteiger partial charge in [-0.3, -0.25) is 0 Å². The van der Waals surface area contributed by atoms with Crippen molar-refractivity contribution in [2.24, 2.45) is 0 Å². The SMILES string of the molecule is CCc1ccccc1Nc1ncnc2cc(N)ccc12. The van der Waals surface area contributed by atoms with E-state index in [1.54, 1.807) is 6.33 Å². The van der Waals surface area contributed by atoms with Gasteiger partial charge in [-0.2, -0.15) is 0 Å². The van der Waals surface area contributed by atoms with E-state index in [0.29, 0.717) is 5.69 Å². The summed E-state index contributed by atoms with van der Waals surface area (Å²) in [4.78, 5) is 8.60. The summed E-state index contributed by atoms with van der Waals surface area (Å²) < 4.78 is 0. The number of benzene rings is 2. The highest BCUT2D eigenvalue weighted by molar-refractivity contribution is 5.92. The zero-order valence-corrected chi connectivity index (χ0v) is 11.3. The van der Waals surface area contributed by atoms with Gasteiger partial charge in [-0.25, -0.2) is 9.97 Å². The minimum absolute atomic E-state index is 0.705. The van der Waals surface area contributed by atoms with Crippen LogP contribution in [0.4, 0.5) is 17.2 Å². The van der Waals surface area contributed by atoms with E-state index >= 15 is 0 Å². The van der Waals surface area contributed by atoms with Crippen LogP contribution in [0.25, 0.3) is 10.9 Å². The Hall–Kier alpha value is -2.62. The van der Waals surface area contributed by atoms with Gasteiger partial charge in [0, 0.05) is 16.8 Å². The van der Waals surface area contributed by atoms with Crippen molar-refractivity contribution in [1.29, 1.82) is 0 Å². The molecule has 4 nitrogen and oxygen atoms in total. The van der Waals surface area contributed by atoms with Crippen molar-refractivity contribution in [3.8, 4) is 0 Å². The highest BCUT2D eigenvalue weighted by Gasteiger charge is 2.06. The third-order valence-corrected chi connectivity index (χ3v) is 3.31. The lowest BCUT2D eigenvalue weighted by molar-refractivity contribution is 1.13. The summed E-state index contributed by atoms with van der Waals surface area (Å²) in [5, 5.41) is 4.36. The van der Waals surface area contributed by atoms with Crippen molar-refractivity contribution in [3.05, 3.63) is 54.4 Å². The van der Waals surface area contributed by atoms with Crippen molar-refractivity contribution in [3.63, 3.8) is 0 Å². The maximum absolute atomic E-state index is 5.79. The Morgan fingerprint density at radius 3 is 2.80 bits per heavy atom. The molecule has 0 aliphatic rings. The van der Waals surface area contributed by atoms with Crippen LogP contribution in [0.2, 0.25) is 0 Å². The van der Waals surface area contributed by atoms with E-state index in [2.05, 4.69) is 34.3 Å². The van der Waals surface area contributed by atoms with Crippen molar-refractivity contribution in [2.75, 3.05) is 11.1 Å². The predicted molar refractivity (Wildman–Crippen MR) is 83.1 cm³/mol. The first-order valence-electron chi connectivity index (χ1n) is 6.63. The summed E-state index contributed by atoms with van der Waals surface area (Å²) in [6.07, 6.45) is 2.53. The van der Waals surface area contributed by atoms with Crippen molar-refractivity contribution in [1.82, 2.24) is 9.97 Å². The van der Waals surface area contributed by atoms with Crippen LogP contribution in [-0.4, -0.2) is 9.97 Å². The minimum atomic E-state index is 0.705. The Bertz CT molecular complexity index is 752. The Balaban J connectivity index is 2.07. The second-order valence-corrected chi connectivity index (χ2v) is 4.63. The van der Waals surface area contributed by atoms with E-state index in [9.17, 15) is 0 Å². The normalized spacial score (nSPS) is 10.7. The fraction of sp³-hybridized carbons (Fsp3) is 0.125. The Labute approximate surface area is 117 Å². The number of para-hydroxylation sites is 1. The second-order valence-electron chi connectivity index (χ2n) is 4.63. The third-order valence-electron chi connectivity index (χ3n) is 3.31. The first-order valence-corrected chi connectivity index (χ1v) is 6.63. The number of aromatic nitrogens is 2. The topological polar surface area (TPSA) is 63.8 Å². The molecule has 0 saturated carbocycles. The molecule has 2 aromatic carbocycles. The smallest absolute Gasteiger partial charge is 0.141 e. The molecule has 0 bridgehead atoms. The highest BCUT2D eigenvalue weighted by atomic mass is 15.0. The number of nitrogens with one attached hydrogen (secondary N) is 1. The molecule has 0 spiro atoms. The van der Waals surface area contributed by atoms with E-state index in [0.717, 1.165) is 28.8 Å². The summed E-state index contributed by atoms with van der Waals surface area (Å²) in [5.74, 6) is 0.802. The van der Waals surface area contributed by atoms with Gasteiger partial charge in [-0.05, 0) is 36.2 Å². The zero-order valence-electron chi connectivity index (χ0n) is 11.3. The molecule has 0 aliphatic carbocycles. The highest BCUT2D eigenvalue weighted by Crippen LogP contribution is 2.26. The molecule has 100 valence electrons. The standard InChI is InChI=1S/C16H16N4/c1-2-11-5-3-4-6-14(11)20-16-13-8-7-12(17)9-15(13)18-10-19-16/h3-10H,2,17H2,1H3,(H,18,19,20). The van der Waals surface area contributed by atoms with E-state index in [4.69, 9.17) is 5.73 Å². The summed E-state index contributed by atoms with van der Waals surface area (Å²) in [7, 11) is 0. The lowest BCUT2D eigenvalue weighted by Crippen LogP contribution is -1.99. The molecule has 0 saturated heterocycles. The number of anilines is 3. The van der Waals surface area contributed by atoms with Gasteiger partial charge in [-0.1, -0.05) is 25.1 Å². The van der Waals surface area contributed by atoms with E-state index in [-0.39, 0.29) is 0 Å². The molecule has 0 aliphatic heterocycles. The minimum Gasteiger partial charge on any atom is -0.399 e. The molecule has 0 amide bonds. The van der Waals surface area contributed by atoms with Gasteiger partial charge in [0.2, 0.25) is 0 Å². The van der Waals surface area contributed by atoms with Crippen LogP contribution in [0.1, 0.15) is 12.5 Å². The van der Waals surface area contributed by atoms with Gasteiger partial charge >= 0.3 is 0 Å². The van der Waals surface area contributed by atoms with Gasteiger partial charge < -0.3 is 11.1 Å². The molecule has 3 N–H and O–H groups in total. The Kier molecular flexibility index (Phi) is 3.21. The number of nitrogen functional groups attached to an aromatic ring is 1. The average Bonchev–Trinajstić information content (AvgIpc) is 2.47. The second kappa shape index (κ2) is 5.17. The molecular weight excluding hydrogens is 248 g/mol. The van der Waals surface area contributed by atoms with Crippen LogP contribution in [-0.2, 0) is 6.42 Å². The number of hydrogen-bond donors (Lipinski definition) is 2. The zero-order chi connectivity index (χ0) is 13.9. The maximum Gasteiger partial charge on any atom is 0.141 e. The van der Waals surface area contributed by atoms with Gasteiger partial charge in [0.1, 0.15) is 12.1 Å². The molecule has 3 aromatic rings. The number of nitrogens with zero attached hydrogens (tertiary/aromatic N) is 2. The molecule has 0 fully saturated rings. The first-order chi connectivity index (χ1) is 9.78. The number of aryl methyl sites for hydroxylation is 1. The molecule has 20 heavy (non-hydrogen) atoms. The third kappa shape index (κ3) is 2.28. The lowest BCUT2D eigenvalue weighted by Gasteiger charge is -2.11. The summed E-state index contributed by atoms with van der Waals surface area (Å²) in [6.45, 7) is 2.14. The molecule has 4 heteroatoms. The van der Waals surface area contributed by atoms with E-state index in [1.807, 2.05) is 30.3 Å². The quantitative estimate of drug-likeness (QED) is 0.710. The molecule has 0 atom stereocenters. The van der Waals surface area contributed by atoms with Crippen molar-refractivity contribution < 1.29 is 0 Å². The number of nitrogens with two attached hydrogens (primary N) is 1. The fourth-order valence-electron chi connectivity index (χ4n) is 2.25. The number of hydrogen-bond acceptors (Lipinski definition) is 4. The van der Waals surface area contributed by atoms with E-state index < -0.39 is 0 Å². The summed E-state index contributed by atoms with van der Waals surface area (Å²) >= 11 is 0. The van der Waals surface area contributed by atoms with Gasteiger partial charge in [0.25, 0.3) is 0 Å². The van der Waals surface area contributed by atoms with Crippen molar-refractivity contribution in [2.45, 2.75) is 13.3 Å². The maximum atomic E-state index is 5.79. The average molecular weight is 264 g/mol. The molecule has 0 unspecified atom stereocenters. The van der Waals surface area contributed by atoms with Gasteiger partial charge in [0.05, 0.1) is 5.52 Å². The number of fused-ring (bicyclic) bond motifs is 1. The lowest BCUT2D eigenvalue weighted by atomic mass is 10.1. The summed E-state index contributed by atoms with van der Waals surface area (Å²) in [6, 6.07) is 13.9. The van der Waals surface area contributed by atoms with Crippen LogP contribution in [0.5, 0.6) is 0 Å². The fourth-order valence-corrected chi connectivity index (χ4v) is 2.25. The Morgan fingerprint density at radius 2 is 1.95 bits per heavy atom. The van der Waals surface area contributed by atoms with Crippen LogP contribution in [0, 0.1) is 0 Å². The molecule has 0 radical (unpaired) electrons. The first kappa shape index (κ1) is 12.4. The molecule has 1 aromatic heterocycles. The van der Waals surface area contributed by atoms with Crippen LogP contribution < -0.4 is 11.1 Å². The van der Waals surface area contributed by atoms with Crippen LogP contribution >= 0.6 is 0 Å². The van der Waals surface area contributed by atoms with E-state index in [1.165, 1.54) is 5.56 Å². The molecular formula is C16H16N4. The number of rotatable bonds is 3. The van der Waals surface area contributed by atoms with Crippen LogP contribution in [0.3, 0.4) is 0 Å². The monoisotopic (exact) mass is 264 g/mol. The van der Waals surface area contributed by atoms with Crippen molar-refractivity contribution >= 4 is 28.1 Å². The largest absolute Gasteiger partial charge is 0.399 e. The van der Waals surface area contributed by atoms with Gasteiger partial charge in [-0.15, -0.1) is 0 Å². The Morgan fingerprint density at radius 1 is 1.10 bits per heavy atom. The molecule has 1 heterocycles.